The van der Waals surface area contributed by atoms with Crippen molar-refractivity contribution in [1.29, 1.82) is 0 Å². The van der Waals surface area contributed by atoms with E-state index in [0.29, 0.717) is 32.1 Å². The van der Waals surface area contributed by atoms with E-state index in [4.69, 9.17) is 34.7 Å². The molecule has 0 aliphatic carbocycles. The number of hydrogen-bond donors (Lipinski definition) is 2. The molecule has 2 heterocycles. The van der Waals surface area contributed by atoms with Gasteiger partial charge in [0.2, 0.25) is 0 Å². The fourth-order valence-electron chi connectivity index (χ4n) is 3.00. The highest BCUT2D eigenvalue weighted by atomic mass is 35.5. The van der Waals surface area contributed by atoms with Crippen LogP contribution in [0, 0.1) is 20.2 Å². The van der Waals surface area contributed by atoms with Crippen molar-refractivity contribution in [3.63, 3.8) is 0 Å². The van der Waals surface area contributed by atoms with Crippen LogP contribution in [0.2, 0.25) is 10.0 Å². The lowest BCUT2D eigenvalue weighted by molar-refractivity contribution is -0.385. The summed E-state index contributed by atoms with van der Waals surface area (Å²) in [5.74, 6) is 0.468. The lowest BCUT2D eigenvalue weighted by Gasteiger charge is -2.02. The molecule has 11 nitrogen and oxygen atoms in total. The molecule has 0 amide bonds. The van der Waals surface area contributed by atoms with E-state index in [1.165, 1.54) is 28.9 Å². The van der Waals surface area contributed by atoms with Crippen LogP contribution in [0.4, 0.5) is 17.2 Å². The summed E-state index contributed by atoms with van der Waals surface area (Å²) in [6, 6.07) is 5.62. The van der Waals surface area contributed by atoms with Gasteiger partial charge in [-0.15, -0.1) is 0 Å². The first-order chi connectivity index (χ1) is 13.6. The van der Waals surface area contributed by atoms with Crippen LogP contribution in [0.5, 0.6) is 0 Å². The number of nitrogens with zero attached hydrogens (tertiary/aromatic N) is 5. The predicted molar refractivity (Wildman–Crippen MR) is 109 cm³/mol. The average Bonchev–Trinajstić information content (AvgIpc) is 3.17. The van der Waals surface area contributed by atoms with Crippen molar-refractivity contribution in [3.8, 4) is 0 Å². The Morgan fingerprint density at radius 2 is 1.62 bits per heavy atom. The van der Waals surface area contributed by atoms with Crippen molar-refractivity contribution in [3.05, 3.63) is 65.7 Å². The number of nitro groups is 2. The normalized spacial score (nSPS) is 12.2. The Hall–Kier alpha value is -3.44. The molecule has 0 atom stereocenters. The zero-order valence-corrected chi connectivity index (χ0v) is 16.3. The molecule has 0 fully saturated rings. The van der Waals surface area contributed by atoms with Crippen LogP contribution >= 0.6 is 23.2 Å². The van der Waals surface area contributed by atoms with E-state index in [1.807, 2.05) is 0 Å². The minimum Gasteiger partial charge on any atom is -0.383 e. The molecular weight excluding hydrogens is 425 g/mol. The highest BCUT2D eigenvalue weighted by Crippen LogP contribution is 2.34. The average molecular weight is 438 g/mol. The Balaban J connectivity index is 0.000000166. The van der Waals surface area contributed by atoms with Crippen molar-refractivity contribution in [2.24, 2.45) is 17.8 Å². The number of amidine groups is 1. The summed E-state index contributed by atoms with van der Waals surface area (Å²) in [4.78, 5) is 24.4. The van der Waals surface area contributed by atoms with Gasteiger partial charge in [0.05, 0.1) is 37.4 Å². The molecule has 4 N–H and O–H groups in total. The Labute approximate surface area is 172 Å². The summed E-state index contributed by atoms with van der Waals surface area (Å²) in [6.07, 6.45) is 0. The molecule has 1 aromatic heterocycles. The molecule has 1 aliphatic heterocycles. The van der Waals surface area contributed by atoms with E-state index in [2.05, 4.69) is 10.1 Å². The predicted octanol–water partition coefficient (Wildman–Crippen LogP) is 3.18. The third-order valence-corrected chi connectivity index (χ3v) is 4.87. The van der Waals surface area contributed by atoms with Gasteiger partial charge in [0.1, 0.15) is 11.4 Å². The molecule has 1 aliphatic rings. The van der Waals surface area contributed by atoms with Gasteiger partial charge >= 0.3 is 0 Å². The molecule has 0 spiro atoms. The lowest BCUT2D eigenvalue weighted by atomic mass is 10.1. The summed E-state index contributed by atoms with van der Waals surface area (Å²) in [5, 5.41) is 26.5. The van der Waals surface area contributed by atoms with Gasteiger partial charge in [-0.2, -0.15) is 5.10 Å². The number of nitrogens with two attached hydrogens (primary N) is 2. The minimum atomic E-state index is -0.486. The van der Waals surface area contributed by atoms with E-state index in [0.717, 1.165) is 0 Å². The van der Waals surface area contributed by atoms with Crippen molar-refractivity contribution in [1.82, 2.24) is 9.78 Å². The highest BCUT2D eigenvalue weighted by Gasteiger charge is 2.25. The number of fused-ring (bicyclic) bond motifs is 2. The number of rotatable bonds is 2. The summed E-state index contributed by atoms with van der Waals surface area (Å²) in [7, 11) is 1.59. The molecule has 0 bridgehead atoms. The first-order valence-electron chi connectivity index (χ1n) is 7.94. The number of nitro benzene ring substituents is 2. The van der Waals surface area contributed by atoms with E-state index >= 15 is 0 Å². The van der Waals surface area contributed by atoms with Crippen LogP contribution in [0.3, 0.4) is 0 Å². The first kappa shape index (κ1) is 20.3. The van der Waals surface area contributed by atoms with E-state index in [-0.39, 0.29) is 29.6 Å². The SMILES string of the molecule is Cn1nc(N)c2c(Cl)ccc([N+](=O)[O-])c21.NC1=NCc2c([N+](=O)[O-])ccc(Cl)c21. The van der Waals surface area contributed by atoms with E-state index < -0.39 is 9.85 Å². The molecule has 150 valence electrons. The van der Waals surface area contributed by atoms with Crippen molar-refractivity contribution >= 4 is 57.1 Å². The fraction of sp³-hybridized carbons (Fsp3) is 0.125. The lowest BCUT2D eigenvalue weighted by Crippen LogP contribution is -2.11. The third kappa shape index (κ3) is 3.52. The van der Waals surface area contributed by atoms with Gasteiger partial charge in [-0.25, -0.2) is 0 Å². The minimum absolute atomic E-state index is 0.0219. The maximum atomic E-state index is 10.8. The van der Waals surface area contributed by atoms with Gasteiger partial charge < -0.3 is 11.5 Å². The van der Waals surface area contributed by atoms with Crippen LogP contribution in [0.25, 0.3) is 10.9 Å². The maximum absolute atomic E-state index is 10.8. The Kier molecular flexibility index (Phi) is 5.27. The molecule has 0 radical (unpaired) electrons. The number of hydrogen-bond acceptors (Lipinski definition) is 8. The monoisotopic (exact) mass is 437 g/mol. The fourth-order valence-corrected chi connectivity index (χ4v) is 3.52. The van der Waals surface area contributed by atoms with Gasteiger partial charge in [-0.1, -0.05) is 23.2 Å². The maximum Gasteiger partial charge on any atom is 0.295 e. The molecule has 3 aromatic rings. The standard InChI is InChI=1S/C8H7ClN4O2.C8H6ClN3O2/c1-12-7-5(13(14)15)3-2-4(9)6(7)8(10)11-12;9-5-1-2-6(12(13)14)4-3-11-8(10)7(4)5/h2-3H,1H3,(H2,10,11);1-2H,3H2,(H2,10,11). The third-order valence-electron chi connectivity index (χ3n) is 4.24. The zero-order valence-electron chi connectivity index (χ0n) is 14.8. The van der Waals surface area contributed by atoms with Crippen LogP contribution in [-0.4, -0.2) is 25.5 Å². The summed E-state index contributed by atoms with van der Waals surface area (Å²) in [5.41, 5.74) is 12.5. The number of halogens is 2. The molecule has 0 saturated carbocycles. The number of aromatic nitrogens is 2. The van der Waals surface area contributed by atoms with Gasteiger partial charge in [-0.3, -0.25) is 29.9 Å². The Morgan fingerprint density at radius 3 is 2.24 bits per heavy atom. The van der Waals surface area contributed by atoms with E-state index in [9.17, 15) is 20.2 Å². The molecule has 0 unspecified atom stereocenters. The second kappa shape index (κ2) is 7.53. The summed E-state index contributed by atoms with van der Waals surface area (Å²) < 4.78 is 1.36. The molecule has 4 rings (SSSR count). The second-order valence-electron chi connectivity index (χ2n) is 5.93. The van der Waals surface area contributed by atoms with Crippen LogP contribution < -0.4 is 11.5 Å². The first-order valence-corrected chi connectivity index (χ1v) is 8.70. The van der Waals surface area contributed by atoms with Gasteiger partial charge in [0, 0.05) is 24.7 Å². The molecular formula is C16H13Cl2N7O4. The Morgan fingerprint density at radius 1 is 1.03 bits per heavy atom. The van der Waals surface area contributed by atoms with Gasteiger partial charge in [0.25, 0.3) is 11.4 Å². The number of aliphatic imine (C=N–C) groups is 1. The number of aryl methyl sites for hydroxylation is 1. The summed E-state index contributed by atoms with van der Waals surface area (Å²) >= 11 is 11.8. The molecule has 2 aromatic carbocycles. The van der Waals surface area contributed by atoms with E-state index in [1.54, 1.807) is 7.05 Å². The number of anilines is 1. The summed E-state index contributed by atoms with van der Waals surface area (Å²) in [6.45, 7) is 0.234. The molecule has 13 heteroatoms. The smallest absolute Gasteiger partial charge is 0.295 e. The van der Waals surface area contributed by atoms with Crippen molar-refractivity contribution in [2.45, 2.75) is 6.54 Å². The van der Waals surface area contributed by atoms with Crippen LogP contribution in [0.1, 0.15) is 11.1 Å². The molecule has 0 saturated heterocycles. The number of nitrogen functional groups attached to an aromatic ring is 1. The largest absolute Gasteiger partial charge is 0.383 e. The second-order valence-corrected chi connectivity index (χ2v) is 6.75. The highest BCUT2D eigenvalue weighted by molar-refractivity contribution is 6.36. The van der Waals surface area contributed by atoms with Crippen LogP contribution in [-0.2, 0) is 13.6 Å². The topological polar surface area (TPSA) is 168 Å². The Bertz CT molecular complexity index is 1210. The number of non-ortho nitro benzene ring substituents is 1. The molecule has 29 heavy (non-hydrogen) atoms. The number of benzene rings is 2. The van der Waals surface area contributed by atoms with Crippen LogP contribution in [0.15, 0.2) is 29.3 Å². The quantitative estimate of drug-likeness (QED) is 0.457. The van der Waals surface area contributed by atoms with Crippen molar-refractivity contribution < 1.29 is 9.85 Å². The van der Waals surface area contributed by atoms with Crippen molar-refractivity contribution in [2.75, 3.05) is 5.73 Å². The van der Waals surface area contributed by atoms with Gasteiger partial charge in [0.15, 0.2) is 5.82 Å². The van der Waals surface area contributed by atoms with Gasteiger partial charge in [-0.05, 0) is 12.1 Å². The zero-order chi connectivity index (χ0) is 21.5.